The fourth-order valence-corrected chi connectivity index (χ4v) is 1.67. The van der Waals surface area contributed by atoms with Crippen molar-refractivity contribution in [2.45, 2.75) is 5.16 Å². The molecule has 0 aliphatic heterocycles. The summed E-state index contributed by atoms with van der Waals surface area (Å²) in [5, 5.41) is 8.28. The Bertz CT molecular complexity index is 662. The van der Waals surface area contributed by atoms with Crippen molar-refractivity contribution in [3.8, 4) is 11.6 Å². The van der Waals surface area contributed by atoms with Gasteiger partial charge in [0.15, 0.2) is 5.16 Å². The molecule has 3 aromatic heterocycles. The first-order chi connectivity index (χ1) is 8.28. The minimum Gasteiger partial charge on any atom is -0.368 e. The summed E-state index contributed by atoms with van der Waals surface area (Å²) >= 11 is 1.39. The van der Waals surface area contributed by atoms with Crippen molar-refractivity contribution >= 4 is 23.5 Å². The monoisotopic (exact) mass is 249 g/mol. The molecule has 17 heavy (non-hydrogen) atoms. The van der Waals surface area contributed by atoms with E-state index in [1.807, 2.05) is 6.26 Å². The molecule has 0 aliphatic rings. The quantitative estimate of drug-likeness (QED) is 0.653. The zero-order valence-electron chi connectivity index (χ0n) is 8.73. The van der Waals surface area contributed by atoms with E-state index in [9.17, 15) is 0 Å². The van der Waals surface area contributed by atoms with Gasteiger partial charge < -0.3 is 10.3 Å². The summed E-state index contributed by atoms with van der Waals surface area (Å²) in [7, 11) is 0. The average Bonchev–Trinajstić information content (AvgIpc) is 2.96. The van der Waals surface area contributed by atoms with E-state index >= 15 is 0 Å². The van der Waals surface area contributed by atoms with Crippen LogP contribution < -0.4 is 5.73 Å². The van der Waals surface area contributed by atoms with Gasteiger partial charge in [-0.2, -0.15) is 19.5 Å². The summed E-state index contributed by atoms with van der Waals surface area (Å²) in [6, 6.07) is 1.66. The number of anilines is 1. The van der Waals surface area contributed by atoms with Crippen LogP contribution in [0, 0.1) is 0 Å². The van der Waals surface area contributed by atoms with E-state index in [-0.39, 0.29) is 5.95 Å². The van der Waals surface area contributed by atoms with Crippen molar-refractivity contribution in [1.29, 1.82) is 0 Å². The molecule has 2 N–H and O–H groups in total. The second-order valence-corrected chi connectivity index (χ2v) is 3.87. The van der Waals surface area contributed by atoms with Crippen molar-refractivity contribution in [2.24, 2.45) is 0 Å². The van der Waals surface area contributed by atoms with Crippen LogP contribution in [0.4, 0.5) is 5.95 Å². The molecule has 0 atom stereocenters. The minimum absolute atomic E-state index is 0.234. The van der Waals surface area contributed by atoms with E-state index in [4.69, 9.17) is 10.3 Å². The molecule has 0 bridgehead atoms. The van der Waals surface area contributed by atoms with Gasteiger partial charge in [-0.15, -0.1) is 5.10 Å². The van der Waals surface area contributed by atoms with Gasteiger partial charge in [-0.05, 0) is 6.26 Å². The summed E-state index contributed by atoms with van der Waals surface area (Å²) in [4.78, 5) is 12.4. The van der Waals surface area contributed by atoms with Crippen LogP contribution in [-0.4, -0.2) is 36.0 Å². The number of nitrogens with zero attached hydrogens (tertiary/aromatic N) is 6. The van der Waals surface area contributed by atoms with Crippen LogP contribution in [0.3, 0.4) is 0 Å². The van der Waals surface area contributed by atoms with Crippen LogP contribution >= 0.6 is 11.8 Å². The molecule has 3 heterocycles. The Labute approximate surface area is 99.2 Å². The van der Waals surface area contributed by atoms with Crippen LogP contribution in [0.15, 0.2) is 21.9 Å². The van der Waals surface area contributed by atoms with Crippen LogP contribution in [-0.2, 0) is 0 Å². The summed E-state index contributed by atoms with van der Waals surface area (Å²) in [6.07, 6.45) is 3.38. The maximum Gasteiger partial charge on any atom is 0.258 e. The zero-order valence-corrected chi connectivity index (χ0v) is 9.55. The van der Waals surface area contributed by atoms with E-state index in [0.717, 1.165) is 0 Å². The Morgan fingerprint density at radius 2 is 2.24 bits per heavy atom. The van der Waals surface area contributed by atoms with E-state index in [1.165, 1.54) is 22.5 Å². The molecular formula is C8H7N7OS. The predicted molar refractivity (Wildman–Crippen MR) is 60.3 cm³/mol. The Morgan fingerprint density at radius 3 is 2.94 bits per heavy atom. The van der Waals surface area contributed by atoms with Gasteiger partial charge in [0.05, 0.1) is 6.20 Å². The Morgan fingerprint density at radius 1 is 1.35 bits per heavy atom. The maximum absolute atomic E-state index is 5.75. The Kier molecular flexibility index (Phi) is 2.18. The second kappa shape index (κ2) is 3.70. The zero-order chi connectivity index (χ0) is 11.8. The number of fused-ring (bicyclic) bond motifs is 1. The van der Waals surface area contributed by atoms with Gasteiger partial charge in [-0.3, -0.25) is 0 Å². The number of nitrogen functional groups attached to an aromatic ring is 1. The van der Waals surface area contributed by atoms with Crippen molar-refractivity contribution in [3.05, 3.63) is 12.3 Å². The Balaban J connectivity index is 2.22. The third kappa shape index (κ3) is 1.60. The van der Waals surface area contributed by atoms with E-state index in [1.54, 1.807) is 6.07 Å². The SMILES string of the molecule is CSc1nc(N)n2nc(-c3ccno3)nc2n1. The lowest BCUT2D eigenvalue weighted by Gasteiger charge is -1.97. The third-order valence-corrected chi connectivity index (χ3v) is 2.60. The van der Waals surface area contributed by atoms with Gasteiger partial charge >= 0.3 is 0 Å². The smallest absolute Gasteiger partial charge is 0.258 e. The number of hydrogen-bond acceptors (Lipinski definition) is 8. The van der Waals surface area contributed by atoms with Gasteiger partial charge in [0, 0.05) is 6.07 Å². The molecule has 0 aliphatic carbocycles. The lowest BCUT2D eigenvalue weighted by Crippen LogP contribution is -2.04. The molecule has 3 aromatic rings. The highest BCUT2D eigenvalue weighted by atomic mass is 32.2. The molecule has 86 valence electrons. The first-order valence-electron chi connectivity index (χ1n) is 4.63. The van der Waals surface area contributed by atoms with Crippen LogP contribution in [0.1, 0.15) is 0 Å². The summed E-state index contributed by atoms with van der Waals surface area (Å²) < 4.78 is 6.32. The lowest BCUT2D eigenvalue weighted by atomic mass is 10.4. The number of aromatic nitrogens is 6. The molecular weight excluding hydrogens is 242 g/mol. The van der Waals surface area contributed by atoms with Gasteiger partial charge in [0.1, 0.15) is 0 Å². The van der Waals surface area contributed by atoms with E-state index < -0.39 is 0 Å². The second-order valence-electron chi connectivity index (χ2n) is 3.09. The number of nitrogens with two attached hydrogens (primary N) is 1. The van der Waals surface area contributed by atoms with Crippen molar-refractivity contribution in [2.75, 3.05) is 12.0 Å². The number of rotatable bonds is 2. The summed E-state index contributed by atoms with van der Waals surface area (Å²) in [5.74, 6) is 1.45. The topological polar surface area (TPSA) is 108 Å². The molecule has 0 amide bonds. The largest absolute Gasteiger partial charge is 0.368 e. The lowest BCUT2D eigenvalue weighted by molar-refractivity contribution is 0.429. The van der Waals surface area contributed by atoms with Crippen LogP contribution in [0.2, 0.25) is 0 Å². The van der Waals surface area contributed by atoms with Gasteiger partial charge in [0.25, 0.3) is 5.78 Å². The molecule has 0 spiro atoms. The van der Waals surface area contributed by atoms with Gasteiger partial charge in [-0.25, -0.2) is 0 Å². The predicted octanol–water partition coefficient (Wildman–Crippen LogP) is 0.478. The maximum atomic E-state index is 5.75. The summed E-state index contributed by atoms with van der Waals surface area (Å²) in [5.41, 5.74) is 5.75. The minimum atomic E-state index is 0.234. The average molecular weight is 249 g/mol. The van der Waals surface area contributed by atoms with Crippen molar-refractivity contribution < 1.29 is 4.52 Å². The molecule has 0 saturated heterocycles. The van der Waals surface area contributed by atoms with E-state index in [2.05, 4.69) is 25.2 Å². The molecule has 8 nitrogen and oxygen atoms in total. The molecule has 0 radical (unpaired) electrons. The highest BCUT2D eigenvalue weighted by Crippen LogP contribution is 2.17. The molecule has 0 saturated carbocycles. The van der Waals surface area contributed by atoms with Crippen molar-refractivity contribution in [1.82, 2.24) is 29.7 Å². The standard InChI is InChI=1S/C8H7N7OS/c1-17-8-12-6(9)15-7(13-8)11-5(14-15)4-2-3-10-16-4/h2-3H,1H3,(H2,9,11,12,13,14). The van der Waals surface area contributed by atoms with Crippen LogP contribution in [0.25, 0.3) is 17.4 Å². The highest BCUT2D eigenvalue weighted by molar-refractivity contribution is 7.98. The third-order valence-electron chi connectivity index (χ3n) is 2.05. The number of thioether (sulfide) groups is 1. The fraction of sp³-hybridized carbons (Fsp3) is 0.125. The molecule has 0 aromatic carbocycles. The van der Waals surface area contributed by atoms with Crippen LogP contribution in [0.5, 0.6) is 0 Å². The van der Waals surface area contributed by atoms with Gasteiger partial charge in [-0.1, -0.05) is 16.9 Å². The molecule has 0 unspecified atom stereocenters. The normalized spacial score (nSPS) is 11.1. The highest BCUT2D eigenvalue weighted by Gasteiger charge is 2.13. The van der Waals surface area contributed by atoms with Crippen molar-refractivity contribution in [3.63, 3.8) is 0 Å². The first kappa shape index (κ1) is 10.0. The Hall–Kier alpha value is -2.16. The van der Waals surface area contributed by atoms with Gasteiger partial charge in [0.2, 0.25) is 17.5 Å². The first-order valence-corrected chi connectivity index (χ1v) is 5.86. The summed E-state index contributed by atoms with van der Waals surface area (Å²) in [6.45, 7) is 0. The molecule has 0 fully saturated rings. The molecule has 9 heteroatoms. The van der Waals surface area contributed by atoms with E-state index in [0.29, 0.717) is 22.5 Å². The fourth-order valence-electron chi connectivity index (χ4n) is 1.31. The molecule has 3 rings (SSSR count). The number of hydrogen-bond donors (Lipinski definition) is 1.